The monoisotopic (exact) mass is 263 g/mol. The molecular formula is C13H17N3O3. The third-order valence-corrected chi connectivity index (χ3v) is 2.89. The van der Waals surface area contributed by atoms with Crippen LogP contribution in [0.1, 0.15) is 48.1 Å². The van der Waals surface area contributed by atoms with Gasteiger partial charge in [0.15, 0.2) is 5.65 Å². The van der Waals surface area contributed by atoms with Crippen LogP contribution in [0.2, 0.25) is 0 Å². The first-order valence-electron chi connectivity index (χ1n) is 6.28. The quantitative estimate of drug-likeness (QED) is 0.849. The first-order valence-corrected chi connectivity index (χ1v) is 6.28. The number of hydrogen-bond acceptors (Lipinski definition) is 5. The molecule has 2 heterocycles. The highest BCUT2D eigenvalue weighted by Crippen LogP contribution is 2.19. The zero-order valence-electron chi connectivity index (χ0n) is 11.3. The molecule has 19 heavy (non-hydrogen) atoms. The molecule has 2 rings (SSSR count). The fourth-order valence-corrected chi connectivity index (χ4v) is 1.87. The number of fused-ring (bicyclic) bond motifs is 1. The summed E-state index contributed by atoms with van der Waals surface area (Å²) in [5.74, 6) is -0.451. The largest absolute Gasteiger partial charge is 0.462 e. The Morgan fingerprint density at radius 1 is 1.53 bits per heavy atom. The maximum atomic E-state index is 11.8. The van der Waals surface area contributed by atoms with E-state index in [0.717, 1.165) is 5.69 Å². The number of nitrogens with zero attached hydrogens (tertiary/aromatic N) is 3. The zero-order valence-corrected chi connectivity index (χ0v) is 11.3. The molecule has 2 aromatic rings. The van der Waals surface area contributed by atoms with Crippen molar-refractivity contribution in [1.29, 1.82) is 0 Å². The van der Waals surface area contributed by atoms with Gasteiger partial charge in [-0.15, -0.1) is 0 Å². The van der Waals surface area contributed by atoms with Crippen LogP contribution in [0.5, 0.6) is 0 Å². The molecule has 1 unspecified atom stereocenters. The molecular weight excluding hydrogens is 246 g/mol. The molecule has 6 nitrogen and oxygen atoms in total. The van der Waals surface area contributed by atoms with Gasteiger partial charge in [0.05, 0.1) is 24.6 Å². The molecule has 0 spiro atoms. The lowest BCUT2D eigenvalue weighted by molar-refractivity contribution is 0.0528. The predicted octanol–water partition coefficient (Wildman–Crippen LogP) is 1.66. The molecule has 2 aromatic heterocycles. The van der Waals surface area contributed by atoms with Crippen molar-refractivity contribution in [2.45, 2.75) is 33.3 Å². The number of hydrogen-bond donors (Lipinski definition) is 1. The van der Waals surface area contributed by atoms with E-state index in [1.165, 1.54) is 6.20 Å². The molecule has 0 bridgehead atoms. The van der Waals surface area contributed by atoms with Crippen LogP contribution in [0.15, 0.2) is 12.3 Å². The van der Waals surface area contributed by atoms with Crippen molar-refractivity contribution in [1.82, 2.24) is 14.6 Å². The number of aryl methyl sites for hydroxylation is 1. The lowest BCUT2D eigenvalue weighted by Crippen LogP contribution is -2.08. The number of aliphatic hydroxyl groups excluding tert-OH is 1. The Bertz CT molecular complexity index is 606. The van der Waals surface area contributed by atoms with Gasteiger partial charge < -0.3 is 9.84 Å². The molecule has 6 heteroatoms. The van der Waals surface area contributed by atoms with E-state index >= 15 is 0 Å². The Balaban J connectivity index is 2.56. The minimum absolute atomic E-state index is 0.298. The molecule has 1 N–H and O–H groups in total. The number of carbonyl (C=O) groups is 1. The molecule has 0 fully saturated rings. The van der Waals surface area contributed by atoms with Crippen molar-refractivity contribution in [3.8, 4) is 0 Å². The van der Waals surface area contributed by atoms with Crippen molar-refractivity contribution >= 4 is 11.6 Å². The summed E-state index contributed by atoms with van der Waals surface area (Å²) in [6.45, 7) is 5.76. The fraction of sp³-hybridized carbons (Fsp3) is 0.462. The molecule has 102 valence electrons. The summed E-state index contributed by atoms with van der Waals surface area (Å²) < 4.78 is 6.53. The molecule has 0 aliphatic carbocycles. The Kier molecular flexibility index (Phi) is 3.80. The molecule has 0 aliphatic rings. The number of esters is 1. The van der Waals surface area contributed by atoms with Gasteiger partial charge in [-0.1, -0.05) is 6.92 Å². The van der Waals surface area contributed by atoms with Crippen LogP contribution in [-0.4, -0.2) is 32.3 Å². The summed E-state index contributed by atoms with van der Waals surface area (Å²) in [4.78, 5) is 16.1. The van der Waals surface area contributed by atoms with Gasteiger partial charge in [-0.2, -0.15) is 5.10 Å². The van der Waals surface area contributed by atoms with Crippen LogP contribution in [0.4, 0.5) is 0 Å². The van der Waals surface area contributed by atoms with Crippen LogP contribution in [0.3, 0.4) is 0 Å². The smallest absolute Gasteiger partial charge is 0.343 e. The number of carbonyl (C=O) groups excluding carboxylic acids is 1. The van der Waals surface area contributed by atoms with E-state index < -0.39 is 12.1 Å². The van der Waals surface area contributed by atoms with E-state index in [9.17, 15) is 9.90 Å². The Morgan fingerprint density at radius 3 is 2.89 bits per heavy atom. The lowest BCUT2D eigenvalue weighted by atomic mass is 10.2. The van der Waals surface area contributed by atoms with E-state index in [-0.39, 0.29) is 0 Å². The third kappa shape index (κ3) is 2.44. The summed E-state index contributed by atoms with van der Waals surface area (Å²) >= 11 is 0. The van der Waals surface area contributed by atoms with Crippen molar-refractivity contribution < 1.29 is 14.6 Å². The van der Waals surface area contributed by atoms with Crippen molar-refractivity contribution in [2.75, 3.05) is 6.61 Å². The first kappa shape index (κ1) is 13.5. The predicted molar refractivity (Wildman–Crippen MR) is 68.9 cm³/mol. The number of ether oxygens (including phenoxy) is 1. The van der Waals surface area contributed by atoms with Gasteiger partial charge in [-0.05, 0) is 26.3 Å². The van der Waals surface area contributed by atoms with E-state index in [4.69, 9.17) is 4.74 Å². The number of rotatable bonds is 4. The van der Waals surface area contributed by atoms with Gasteiger partial charge in [0.2, 0.25) is 0 Å². The molecule has 0 saturated heterocycles. The number of aliphatic hydroxyl groups is 1. The van der Waals surface area contributed by atoms with Crippen molar-refractivity contribution in [3.63, 3.8) is 0 Å². The Labute approximate surface area is 111 Å². The highest BCUT2D eigenvalue weighted by atomic mass is 16.5. The van der Waals surface area contributed by atoms with Crippen LogP contribution in [0.25, 0.3) is 5.65 Å². The zero-order chi connectivity index (χ0) is 14.0. The Morgan fingerprint density at radius 2 is 2.26 bits per heavy atom. The molecule has 0 aliphatic heterocycles. The van der Waals surface area contributed by atoms with Gasteiger partial charge >= 0.3 is 5.97 Å². The minimum Gasteiger partial charge on any atom is -0.462 e. The topological polar surface area (TPSA) is 76.7 Å². The van der Waals surface area contributed by atoms with Crippen molar-refractivity contribution in [2.24, 2.45) is 0 Å². The van der Waals surface area contributed by atoms with Crippen LogP contribution >= 0.6 is 0 Å². The van der Waals surface area contributed by atoms with Gasteiger partial charge in [0, 0.05) is 5.69 Å². The summed E-state index contributed by atoms with van der Waals surface area (Å²) in [6, 6.07) is 1.77. The van der Waals surface area contributed by atoms with E-state index in [1.54, 1.807) is 17.5 Å². The maximum Gasteiger partial charge on any atom is 0.343 e. The van der Waals surface area contributed by atoms with Crippen LogP contribution in [0, 0.1) is 6.92 Å². The van der Waals surface area contributed by atoms with Gasteiger partial charge in [-0.3, -0.25) is 0 Å². The highest BCUT2D eigenvalue weighted by Gasteiger charge is 2.18. The summed E-state index contributed by atoms with van der Waals surface area (Å²) in [5, 5.41) is 14.0. The lowest BCUT2D eigenvalue weighted by Gasteiger charge is -2.09. The molecule has 0 saturated carbocycles. The normalized spacial score (nSPS) is 12.6. The first-order chi connectivity index (χ1) is 9.08. The fourth-order valence-electron chi connectivity index (χ4n) is 1.87. The Hall–Kier alpha value is -1.95. The van der Waals surface area contributed by atoms with Crippen molar-refractivity contribution in [3.05, 3.63) is 29.2 Å². The second-order valence-corrected chi connectivity index (χ2v) is 4.26. The van der Waals surface area contributed by atoms with Crippen LogP contribution in [-0.2, 0) is 4.74 Å². The standard InChI is InChI=1S/C13H17N3O3/c1-4-11(17)10-6-8(3)16-12(15-10)9(7-14-16)13(18)19-5-2/h6-7,11,17H,4-5H2,1-3H3. The third-order valence-electron chi connectivity index (χ3n) is 2.89. The highest BCUT2D eigenvalue weighted by molar-refractivity contribution is 5.95. The second-order valence-electron chi connectivity index (χ2n) is 4.26. The second kappa shape index (κ2) is 5.36. The summed E-state index contributed by atoms with van der Waals surface area (Å²) in [6.07, 6.45) is 1.36. The number of aromatic nitrogens is 3. The molecule has 0 radical (unpaired) electrons. The summed E-state index contributed by atoms with van der Waals surface area (Å²) in [5.41, 5.74) is 2.08. The summed E-state index contributed by atoms with van der Waals surface area (Å²) in [7, 11) is 0. The minimum atomic E-state index is -0.645. The van der Waals surface area contributed by atoms with Gasteiger partial charge in [0.25, 0.3) is 0 Å². The van der Waals surface area contributed by atoms with E-state index in [2.05, 4.69) is 10.1 Å². The molecule has 1 atom stereocenters. The average Bonchev–Trinajstić information content (AvgIpc) is 2.82. The SMILES string of the molecule is CCOC(=O)c1cnn2c(C)cc(C(O)CC)nc12. The van der Waals surface area contributed by atoms with E-state index in [1.807, 2.05) is 13.8 Å². The average molecular weight is 263 g/mol. The van der Waals surface area contributed by atoms with Crippen LogP contribution < -0.4 is 0 Å². The van der Waals surface area contributed by atoms with Gasteiger partial charge in [-0.25, -0.2) is 14.3 Å². The van der Waals surface area contributed by atoms with Gasteiger partial charge in [0.1, 0.15) is 5.56 Å². The maximum absolute atomic E-state index is 11.8. The molecule has 0 amide bonds. The van der Waals surface area contributed by atoms with E-state index in [0.29, 0.717) is 29.9 Å². The molecule has 0 aromatic carbocycles.